The van der Waals surface area contributed by atoms with Crippen LogP contribution in [0.1, 0.15) is 6.92 Å². The average molecular weight is 130 g/mol. The third kappa shape index (κ3) is 5.44. The minimum Gasteiger partial charge on any atom is -0.269 e. The zero-order chi connectivity index (χ0) is 6.24. The number of halogens is 1. The van der Waals surface area contributed by atoms with Crippen LogP contribution in [0.5, 0.6) is 0 Å². The van der Waals surface area contributed by atoms with Gasteiger partial charge in [0, 0.05) is 17.9 Å². The summed E-state index contributed by atoms with van der Waals surface area (Å²) in [5, 5.41) is 0. The van der Waals surface area contributed by atoms with Crippen LogP contribution in [-0.2, 0) is 0 Å². The van der Waals surface area contributed by atoms with Gasteiger partial charge in [-0.25, -0.2) is 0 Å². The van der Waals surface area contributed by atoms with Crippen molar-refractivity contribution in [3.63, 3.8) is 0 Å². The highest BCUT2D eigenvalue weighted by Gasteiger charge is 1.56. The van der Waals surface area contributed by atoms with Crippen molar-refractivity contribution in [2.75, 3.05) is 0 Å². The van der Waals surface area contributed by atoms with Crippen LogP contribution in [0.25, 0.3) is 0 Å². The molecule has 0 rings (SSSR count). The molecule has 0 aliphatic rings. The number of rotatable bonds is 2. The lowest BCUT2D eigenvalue weighted by Gasteiger charge is -1.68. The summed E-state index contributed by atoms with van der Waals surface area (Å²) in [6.45, 7) is 1.86. The second kappa shape index (κ2) is 6.44. The van der Waals surface area contributed by atoms with Crippen molar-refractivity contribution >= 4 is 17.8 Å². The highest BCUT2D eigenvalue weighted by atomic mass is 35.5. The van der Waals surface area contributed by atoms with Crippen LogP contribution in [0, 0.1) is 0 Å². The van der Waals surface area contributed by atoms with E-state index in [2.05, 4.69) is 4.99 Å². The van der Waals surface area contributed by atoms with Crippen molar-refractivity contribution in [2.24, 2.45) is 4.99 Å². The molecule has 44 valence electrons. The van der Waals surface area contributed by atoms with Crippen molar-refractivity contribution in [3.05, 3.63) is 23.9 Å². The minimum absolute atomic E-state index is 1.43. The van der Waals surface area contributed by atoms with Gasteiger partial charge in [0.25, 0.3) is 0 Å². The molecule has 0 N–H and O–H groups in total. The van der Waals surface area contributed by atoms with E-state index in [1.54, 1.807) is 24.6 Å². The molecule has 0 aliphatic heterocycles. The number of aliphatic imine (C=N–C) groups is 1. The molecule has 0 bridgehead atoms. The van der Waals surface area contributed by atoms with Gasteiger partial charge in [-0.3, -0.25) is 4.99 Å². The van der Waals surface area contributed by atoms with Gasteiger partial charge < -0.3 is 0 Å². The van der Waals surface area contributed by atoms with Gasteiger partial charge in [-0.1, -0.05) is 11.6 Å². The second-order valence-corrected chi connectivity index (χ2v) is 1.32. The maximum absolute atomic E-state index is 5.20. The Kier molecular flexibility index (Phi) is 5.99. The Balaban J connectivity index is 3.35. The first-order chi connectivity index (χ1) is 3.91. The summed E-state index contributed by atoms with van der Waals surface area (Å²) >= 11 is 5.20. The van der Waals surface area contributed by atoms with Gasteiger partial charge in [-0.05, 0) is 19.1 Å². The van der Waals surface area contributed by atoms with Crippen molar-refractivity contribution in [1.29, 1.82) is 0 Å². The Hall–Kier alpha value is -0.560. The molecule has 0 aliphatic carbocycles. The van der Waals surface area contributed by atoms with Gasteiger partial charge in [-0.15, -0.1) is 0 Å². The standard InChI is InChI=1S/C6H8ClN/c1-2-8-6-4-3-5-7/h2-6H,1H3/b5-3+,6-4-,8-2+. The first-order valence-corrected chi connectivity index (χ1v) is 2.75. The fraction of sp³-hybridized carbons (Fsp3) is 0.167. The number of allylic oxidation sites excluding steroid dienone is 2. The number of hydrogen-bond acceptors (Lipinski definition) is 1. The lowest BCUT2D eigenvalue weighted by molar-refractivity contribution is 1.58. The van der Waals surface area contributed by atoms with E-state index in [1.165, 1.54) is 5.54 Å². The Morgan fingerprint density at radius 1 is 1.38 bits per heavy atom. The molecule has 0 aromatic carbocycles. The van der Waals surface area contributed by atoms with Crippen molar-refractivity contribution in [3.8, 4) is 0 Å². The van der Waals surface area contributed by atoms with Gasteiger partial charge in [0.05, 0.1) is 0 Å². The lowest BCUT2D eigenvalue weighted by Crippen LogP contribution is -1.51. The number of hydrogen-bond donors (Lipinski definition) is 0. The summed E-state index contributed by atoms with van der Waals surface area (Å²) in [6.07, 6.45) is 6.83. The molecule has 0 radical (unpaired) electrons. The zero-order valence-corrected chi connectivity index (χ0v) is 5.47. The van der Waals surface area contributed by atoms with E-state index in [0.29, 0.717) is 0 Å². The van der Waals surface area contributed by atoms with E-state index in [0.717, 1.165) is 0 Å². The third-order valence-corrected chi connectivity index (χ3v) is 0.651. The summed E-state index contributed by atoms with van der Waals surface area (Å²) in [5.74, 6) is 0. The van der Waals surface area contributed by atoms with E-state index in [-0.39, 0.29) is 0 Å². The summed E-state index contributed by atoms with van der Waals surface area (Å²) < 4.78 is 0. The van der Waals surface area contributed by atoms with Gasteiger partial charge >= 0.3 is 0 Å². The van der Waals surface area contributed by atoms with Crippen LogP contribution in [0.15, 0.2) is 28.9 Å². The summed E-state index contributed by atoms with van der Waals surface area (Å²) in [4.78, 5) is 3.79. The minimum atomic E-state index is 1.43. The zero-order valence-electron chi connectivity index (χ0n) is 4.71. The highest BCUT2D eigenvalue weighted by Crippen LogP contribution is 1.80. The van der Waals surface area contributed by atoms with Crippen LogP contribution < -0.4 is 0 Å². The molecule has 0 aromatic heterocycles. The molecule has 0 heterocycles. The first kappa shape index (κ1) is 7.44. The summed E-state index contributed by atoms with van der Waals surface area (Å²) in [6, 6.07) is 0. The molecule has 0 fully saturated rings. The predicted molar refractivity (Wildman–Crippen MR) is 38.3 cm³/mol. The highest BCUT2D eigenvalue weighted by molar-refractivity contribution is 6.25. The van der Waals surface area contributed by atoms with Gasteiger partial charge in [0.1, 0.15) is 0 Å². The van der Waals surface area contributed by atoms with Crippen LogP contribution in [0.2, 0.25) is 0 Å². The smallest absolute Gasteiger partial charge is 0.0264 e. The molecule has 0 spiro atoms. The van der Waals surface area contributed by atoms with E-state index >= 15 is 0 Å². The molecular formula is C6H8ClN. The lowest BCUT2D eigenvalue weighted by atomic mass is 10.6. The van der Waals surface area contributed by atoms with Crippen molar-refractivity contribution < 1.29 is 0 Å². The molecule has 0 atom stereocenters. The maximum Gasteiger partial charge on any atom is 0.0264 e. The van der Waals surface area contributed by atoms with E-state index in [9.17, 15) is 0 Å². The quantitative estimate of drug-likeness (QED) is 0.401. The van der Waals surface area contributed by atoms with Crippen LogP contribution in [0.4, 0.5) is 0 Å². The summed E-state index contributed by atoms with van der Waals surface area (Å²) in [7, 11) is 0. The second-order valence-electron chi connectivity index (χ2n) is 1.07. The molecule has 0 amide bonds. The fourth-order valence-corrected chi connectivity index (χ4v) is 0.311. The average Bonchev–Trinajstić information content (AvgIpc) is 1.81. The van der Waals surface area contributed by atoms with E-state index < -0.39 is 0 Å². The molecule has 0 aromatic rings. The molecular weight excluding hydrogens is 122 g/mol. The Morgan fingerprint density at radius 2 is 2.12 bits per heavy atom. The molecule has 2 heteroatoms. The normalized spacial score (nSPS) is 12.8. The fourth-order valence-electron chi connectivity index (χ4n) is 0.227. The number of nitrogens with zero attached hydrogens (tertiary/aromatic N) is 1. The topological polar surface area (TPSA) is 12.4 Å². The summed E-state index contributed by atoms with van der Waals surface area (Å²) in [5.41, 5.74) is 1.43. The third-order valence-electron chi connectivity index (χ3n) is 0.505. The molecule has 0 saturated carbocycles. The SMILES string of the molecule is C/C=N/C=C\C=C\Cl. The maximum atomic E-state index is 5.20. The molecule has 0 unspecified atom stereocenters. The molecule has 8 heavy (non-hydrogen) atoms. The molecule has 0 saturated heterocycles. The van der Waals surface area contributed by atoms with Crippen molar-refractivity contribution in [1.82, 2.24) is 0 Å². The molecule has 1 nitrogen and oxygen atoms in total. The van der Waals surface area contributed by atoms with E-state index in [4.69, 9.17) is 11.6 Å². The Morgan fingerprint density at radius 3 is 2.62 bits per heavy atom. The van der Waals surface area contributed by atoms with E-state index in [1.807, 2.05) is 6.92 Å². The monoisotopic (exact) mass is 129 g/mol. The first-order valence-electron chi connectivity index (χ1n) is 2.31. The van der Waals surface area contributed by atoms with Gasteiger partial charge in [0.2, 0.25) is 0 Å². The van der Waals surface area contributed by atoms with Gasteiger partial charge in [-0.2, -0.15) is 0 Å². The predicted octanol–water partition coefficient (Wildman–Crippen LogP) is 2.34. The Labute approximate surface area is 54.4 Å². The van der Waals surface area contributed by atoms with Crippen LogP contribution in [-0.4, -0.2) is 6.21 Å². The van der Waals surface area contributed by atoms with Gasteiger partial charge in [0.15, 0.2) is 0 Å². The van der Waals surface area contributed by atoms with Crippen LogP contribution in [0.3, 0.4) is 0 Å². The van der Waals surface area contributed by atoms with Crippen LogP contribution >= 0.6 is 11.6 Å². The largest absolute Gasteiger partial charge is 0.269 e. The van der Waals surface area contributed by atoms with Crippen molar-refractivity contribution in [2.45, 2.75) is 6.92 Å². The Bertz CT molecular complexity index is 99.7.